The molecule has 0 atom stereocenters. The van der Waals surface area contributed by atoms with Crippen molar-refractivity contribution in [2.45, 2.75) is 25.7 Å². The van der Waals surface area contributed by atoms with E-state index in [1.54, 1.807) is 0 Å². The quantitative estimate of drug-likeness (QED) is 0.444. The average Bonchev–Trinajstić information content (AvgIpc) is 1.99. The number of carbonyl (C=O) groups is 1. The van der Waals surface area contributed by atoms with Gasteiger partial charge in [-0.2, -0.15) is 5.26 Å². The number of unbranched alkanes of at least 4 members (excludes halogenated alkanes) is 1. The molecule has 0 aliphatic carbocycles. The molecule has 0 N–H and O–H groups in total. The molecule has 61 valence electrons. The van der Waals surface area contributed by atoms with Crippen molar-refractivity contribution in [3.63, 3.8) is 0 Å². The van der Waals surface area contributed by atoms with Gasteiger partial charge in [0.25, 0.3) is 0 Å². The van der Waals surface area contributed by atoms with Crippen LogP contribution in [0.15, 0.2) is 0 Å². The fraction of sp³-hybridized carbons (Fsp3) is 0.625. The lowest BCUT2D eigenvalue weighted by molar-refractivity contribution is -0.143. The van der Waals surface area contributed by atoms with Crippen LogP contribution in [0.3, 0.4) is 0 Å². The Morgan fingerprint density at radius 2 is 2.36 bits per heavy atom. The summed E-state index contributed by atoms with van der Waals surface area (Å²) in [6.07, 6.45) is 2.00. The van der Waals surface area contributed by atoms with Gasteiger partial charge in [-0.05, 0) is 12.8 Å². The summed E-state index contributed by atoms with van der Waals surface area (Å²) in [4.78, 5) is 10.7. The number of hydrogen-bond donors (Lipinski definition) is 0. The Morgan fingerprint density at radius 3 is 2.91 bits per heavy atom. The van der Waals surface area contributed by atoms with E-state index in [2.05, 4.69) is 6.92 Å². The van der Waals surface area contributed by atoms with Gasteiger partial charge in [0.05, 0.1) is 12.7 Å². The van der Waals surface area contributed by atoms with Gasteiger partial charge in [-0.15, -0.1) is 0 Å². The maximum absolute atomic E-state index is 10.7. The summed E-state index contributed by atoms with van der Waals surface area (Å²) in [7, 11) is 0. The van der Waals surface area contributed by atoms with Gasteiger partial charge in [0.2, 0.25) is 0 Å². The van der Waals surface area contributed by atoms with Crippen molar-refractivity contribution in [1.82, 2.24) is 0 Å². The average molecular weight is 154 g/mol. The third-order valence-corrected chi connectivity index (χ3v) is 1.08. The molecule has 0 aromatic heterocycles. The van der Waals surface area contributed by atoms with Crippen LogP contribution in [-0.2, 0) is 9.53 Å². The zero-order valence-electron chi connectivity index (χ0n) is 6.51. The Bertz CT molecular complexity index is 149. The first-order valence-corrected chi connectivity index (χ1v) is 3.63. The molecule has 1 radical (unpaired) electrons. The number of rotatable bonds is 5. The normalized spacial score (nSPS) is 8.73. The summed E-state index contributed by atoms with van der Waals surface area (Å²) in [6.45, 7) is 3.87. The van der Waals surface area contributed by atoms with Crippen LogP contribution in [0.25, 0.3) is 0 Å². The molecular weight excluding hydrogens is 142 g/mol. The molecule has 0 saturated heterocycles. The Balaban J connectivity index is 3.12. The topological polar surface area (TPSA) is 50.1 Å². The second kappa shape index (κ2) is 7.07. The van der Waals surface area contributed by atoms with Crippen LogP contribution in [0.4, 0.5) is 0 Å². The molecule has 0 rings (SSSR count). The molecule has 0 aliphatic rings. The predicted molar refractivity (Wildman–Crippen MR) is 40.4 cm³/mol. The van der Waals surface area contributed by atoms with E-state index in [0.717, 1.165) is 0 Å². The molecule has 3 heteroatoms. The van der Waals surface area contributed by atoms with Gasteiger partial charge in [0, 0.05) is 12.8 Å². The molecule has 0 aliphatic heterocycles. The maximum Gasteiger partial charge on any atom is 0.305 e. The number of ether oxygens (including phenoxy) is 1. The minimum atomic E-state index is -0.224. The zero-order chi connectivity index (χ0) is 8.53. The Kier molecular flexibility index (Phi) is 6.40. The molecular formula is C8H12NO2. The van der Waals surface area contributed by atoms with Crippen molar-refractivity contribution in [3.05, 3.63) is 6.92 Å². The van der Waals surface area contributed by atoms with Crippen molar-refractivity contribution < 1.29 is 9.53 Å². The smallest absolute Gasteiger partial charge is 0.305 e. The number of hydrogen-bond acceptors (Lipinski definition) is 3. The monoisotopic (exact) mass is 154 g/mol. The van der Waals surface area contributed by atoms with Crippen LogP contribution >= 0.6 is 0 Å². The second-order valence-corrected chi connectivity index (χ2v) is 2.09. The standard InChI is InChI=1S/C8H12NO2/c1-2-5-8(10)11-7-4-3-6-9/h1-5,7H2. The third kappa shape index (κ3) is 6.85. The third-order valence-electron chi connectivity index (χ3n) is 1.08. The summed E-state index contributed by atoms with van der Waals surface area (Å²) < 4.78 is 4.75. The van der Waals surface area contributed by atoms with Crippen molar-refractivity contribution in [2.75, 3.05) is 6.61 Å². The fourth-order valence-corrected chi connectivity index (χ4v) is 0.554. The summed E-state index contributed by atoms with van der Waals surface area (Å²) in [6, 6.07) is 1.97. The SMILES string of the molecule is [CH2]CCC(=O)OCCCC#N. The first-order chi connectivity index (χ1) is 5.31. The molecule has 0 aromatic rings. The van der Waals surface area contributed by atoms with Gasteiger partial charge in [-0.1, -0.05) is 6.92 Å². The molecule has 0 unspecified atom stereocenters. The number of nitrogens with zero attached hydrogens (tertiary/aromatic N) is 1. The van der Waals surface area contributed by atoms with Gasteiger partial charge in [-0.25, -0.2) is 0 Å². The predicted octanol–water partition coefficient (Wildman–Crippen LogP) is 1.45. The summed E-state index contributed by atoms with van der Waals surface area (Å²) in [5.41, 5.74) is 0. The Morgan fingerprint density at radius 1 is 1.64 bits per heavy atom. The van der Waals surface area contributed by atoms with E-state index in [9.17, 15) is 4.79 Å². The number of nitriles is 1. The molecule has 0 heterocycles. The van der Waals surface area contributed by atoms with E-state index >= 15 is 0 Å². The van der Waals surface area contributed by atoms with Crippen molar-refractivity contribution in [2.24, 2.45) is 0 Å². The van der Waals surface area contributed by atoms with Gasteiger partial charge >= 0.3 is 5.97 Å². The van der Waals surface area contributed by atoms with Gasteiger partial charge in [-0.3, -0.25) is 4.79 Å². The van der Waals surface area contributed by atoms with E-state index in [4.69, 9.17) is 10.00 Å². The number of esters is 1. The summed E-state index contributed by atoms with van der Waals surface area (Å²) in [5.74, 6) is -0.224. The van der Waals surface area contributed by atoms with E-state index in [0.29, 0.717) is 32.3 Å². The highest BCUT2D eigenvalue weighted by Crippen LogP contribution is 1.93. The molecule has 0 aromatic carbocycles. The van der Waals surface area contributed by atoms with Crippen LogP contribution in [0.5, 0.6) is 0 Å². The van der Waals surface area contributed by atoms with Crippen LogP contribution in [-0.4, -0.2) is 12.6 Å². The van der Waals surface area contributed by atoms with Gasteiger partial charge in [0.1, 0.15) is 0 Å². The molecule has 0 fully saturated rings. The minimum Gasteiger partial charge on any atom is -0.466 e. The lowest BCUT2D eigenvalue weighted by Crippen LogP contribution is -2.04. The highest BCUT2D eigenvalue weighted by Gasteiger charge is 1.98. The first kappa shape index (κ1) is 9.96. The van der Waals surface area contributed by atoms with Crippen molar-refractivity contribution >= 4 is 5.97 Å². The van der Waals surface area contributed by atoms with E-state index in [1.165, 1.54) is 0 Å². The fourth-order valence-electron chi connectivity index (χ4n) is 0.554. The molecule has 0 saturated carbocycles. The van der Waals surface area contributed by atoms with Crippen molar-refractivity contribution in [1.29, 1.82) is 5.26 Å². The van der Waals surface area contributed by atoms with Crippen LogP contribution in [0.2, 0.25) is 0 Å². The maximum atomic E-state index is 10.7. The van der Waals surface area contributed by atoms with E-state index in [-0.39, 0.29) is 5.97 Å². The highest BCUT2D eigenvalue weighted by molar-refractivity contribution is 5.69. The zero-order valence-corrected chi connectivity index (χ0v) is 6.51. The molecule has 3 nitrogen and oxygen atoms in total. The van der Waals surface area contributed by atoms with Crippen molar-refractivity contribution in [3.8, 4) is 6.07 Å². The largest absolute Gasteiger partial charge is 0.466 e. The van der Waals surface area contributed by atoms with Gasteiger partial charge < -0.3 is 4.74 Å². The second-order valence-electron chi connectivity index (χ2n) is 2.09. The first-order valence-electron chi connectivity index (χ1n) is 3.63. The van der Waals surface area contributed by atoms with Crippen LogP contribution in [0.1, 0.15) is 25.7 Å². The lowest BCUT2D eigenvalue weighted by atomic mass is 10.3. The molecule has 11 heavy (non-hydrogen) atoms. The molecule has 0 spiro atoms. The Labute approximate surface area is 67.0 Å². The summed E-state index contributed by atoms with van der Waals surface area (Å²) >= 11 is 0. The molecule has 0 bridgehead atoms. The Hall–Kier alpha value is -1.04. The van der Waals surface area contributed by atoms with E-state index in [1.807, 2.05) is 6.07 Å². The number of carbonyl (C=O) groups excluding carboxylic acids is 1. The lowest BCUT2D eigenvalue weighted by Gasteiger charge is -2.00. The summed E-state index contributed by atoms with van der Waals surface area (Å²) in [5, 5.41) is 8.13. The van der Waals surface area contributed by atoms with E-state index < -0.39 is 0 Å². The van der Waals surface area contributed by atoms with Gasteiger partial charge in [0.15, 0.2) is 0 Å². The highest BCUT2D eigenvalue weighted by atomic mass is 16.5. The minimum absolute atomic E-state index is 0.224. The molecule has 0 amide bonds. The van der Waals surface area contributed by atoms with Crippen LogP contribution in [0, 0.1) is 18.3 Å². The van der Waals surface area contributed by atoms with Crippen LogP contribution < -0.4 is 0 Å².